The van der Waals surface area contributed by atoms with Crippen LogP contribution in [-0.2, 0) is 16.0 Å². The van der Waals surface area contributed by atoms with Gasteiger partial charge in [0.05, 0.1) is 11.3 Å². The van der Waals surface area contributed by atoms with Gasteiger partial charge in [0.25, 0.3) is 0 Å². The van der Waals surface area contributed by atoms with Crippen LogP contribution in [0.5, 0.6) is 0 Å². The third-order valence-corrected chi connectivity index (χ3v) is 1.68. The highest BCUT2D eigenvalue weighted by Gasteiger charge is 2.13. The molecule has 0 atom stereocenters. The molecule has 0 saturated heterocycles. The van der Waals surface area contributed by atoms with Crippen molar-refractivity contribution in [3.05, 3.63) is 29.6 Å². The zero-order valence-corrected chi connectivity index (χ0v) is 8.11. The summed E-state index contributed by atoms with van der Waals surface area (Å²) in [6, 6.07) is 3.23. The number of aromatic nitrogens is 1. The minimum atomic E-state index is -0.637. The van der Waals surface area contributed by atoms with Crippen molar-refractivity contribution in [1.29, 1.82) is 0 Å². The number of esters is 2. The van der Waals surface area contributed by atoms with E-state index >= 15 is 0 Å². The molecule has 4 heteroatoms. The Hall–Kier alpha value is -1.71. The summed E-state index contributed by atoms with van der Waals surface area (Å²) in [7, 11) is 0. The van der Waals surface area contributed by atoms with E-state index in [9.17, 15) is 9.59 Å². The smallest absolute Gasteiger partial charge is 0.347 e. The third-order valence-electron chi connectivity index (χ3n) is 1.68. The van der Waals surface area contributed by atoms with Gasteiger partial charge in [-0.1, -0.05) is 6.92 Å². The average molecular weight is 193 g/mol. The van der Waals surface area contributed by atoms with Crippen molar-refractivity contribution in [2.45, 2.75) is 20.3 Å². The van der Waals surface area contributed by atoms with Gasteiger partial charge in [-0.3, -0.25) is 9.78 Å². The minimum Gasteiger partial charge on any atom is -0.390 e. The van der Waals surface area contributed by atoms with Crippen molar-refractivity contribution in [2.75, 3.05) is 0 Å². The molecule has 0 aliphatic rings. The highest BCUT2D eigenvalue weighted by Crippen LogP contribution is 2.07. The molecular weight excluding hydrogens is 182 g/mol. The predicted octanol–water partition coefficient (Wildman–Crippen LogP) is 1.35. The number of ether oxygens (including phenoxy) is 1. The van der Waals surface area contributed by atoms with E-state index in [2.05, 4.69) is 9.72 Å². The van der Waals surface area contributed by atoms with E-state index in [1.54, 1.807) is 18.3 Å². The Morgan fingerprint density at radius 1 is 1.50 bits per heavy atom. The zero-order valence-electron chi connectivity index (χ0n) is 8.11. The van der Waals surface area contributed by atoms with Crippen LogP contribution in [0.1, 0.15) is 29.9 Å². The van der Waals surface area contributed by atoms with E-state index in [1.807, 2.05) is 6.92 Å². The highest BCUT2D eigenvalue weighted by atomic mass is 16.6. The monoisotopic (exact) mass is 193 g/mol. The molecule has 14 heavy (non-hydrogen) atoms. The highest BCUT2D eigenvalue weighted by molar-refractivity contribution is 5.97. The lowest BCUT2D eigenvalue weighted by atomic mass is 10.1. The number of hydrogen-bond donors (Lipinski definition) is 0. The lowest BCUT2D eigenvalue weighted by Gasteiger charge is -2.03. The fourth-order valence-electron chi connectivity index (χ4n) is 1.09. The Morgan fingerprint density at radius 2 is 2.21 bits per heavy atom. The van der Waals surface area contributed by atoms with Crippen LogP contribution in [0.4, 0.5) is 0 Å². The van der Waals surface area contributed by atoms with E-state index < -0.39 is 11.9 Å². The number of hydrogen-bond acceptors (Lipinski definition) is 4. The number of rotatable bonds is 2. The van der Waals surface area contributed by atoms with Crippen LogP contribution in [0, 0.1) is 0 Å². The molecule has 1 heterocycles. The molecule has 4 nitrogen and oxygen atoms in total. The Bertz CT molecular complexity index is 360. The second-order valence-electron chi connectivity index (χ2n) is 2.73. The van der Waals surface area contributed by atoms with E-state index in [0.717, 1.165) is 0 Å². The maximum atomic E-state index is 11.4. The van der Waals surface area contributed by atoms with Crippen molar-refractivity contribution < 1.29 is 14.3 Å². The summed E-state index contributed by atoms with van der Waals surface area (Å²) in [6.07, 6.45) is 2.23. The van der Waals surface area contributed by atoms with E-state index in [-0.39, 0.29) is 0 Å². The van der Waals surface area contributed by atoms with E-state index in [0.29, 0.717) is 17.7 Å². The van der Waals surface area contributed by atoms with Crippen LogP contribution in [0.15, 0.2) is 18.3 Å². The van der Waals surface area contributed by atoms with Gasteiger partial charge < -0.3 is 4.74 Å². The van der Waals surface area contributed by atoms with Crippen molar-refractivity contribution in [3.8, 4) is 0 Å². The van der Waals surface area contributed by atoms with E-state index in [4.69, 9.17) is 0 Å². The molecule has 0 saturated carbocycles. The molecule has 0 N–H and O–H groups in total. The van der Waals surface area contributed by atoms with Crippen molar-refractivity contribution in [3.63, 3.8) is 0 Å². The summed E-state index contributed by atoms with van der Waals surface area (Å²) in [5.74, 6) is -1.25. The predicted molar refractivity (Wildman–Crippen MR) is 49.7 cm³/mol. The molecule has 0 aromatic carbocycles. The maximum Gasteiger partial charge on any atom is 0.347 e. The van der Waals surface area contributed by atoms with Gasteiger partial charge >= 0.3 is 11.9 Å². The summed E-state index contributed by atoms with van der Waals surface area (Å²) in [6.45, 7) is 3.08. The summed E-state index contributed by atoms with van der Waals surface area (Å²) in [5.41, 5.74) is 0.990. The lowest BCUT2D eigenvalue weighted by Crippen LogP contribution is -2.12. The molecule has 0 bridgehead atoms. The van der Waals surface area contributed by atoms with Gasteiger partial charge in [-0.05, 0) is 18.6 Å². The van der Waals surface area contributed by atoms with Crippen LogP contribution in [0.3, 0.4) is 0 Å². The standard InChI is InChI=1S/C10H11NO3/c1-3-9-8(5-4-6-11-9)10(13)14-7(2)12/h4-6H,3H2,1-2H3. The van der Waals surface area contributed by atoms with Gasteiger partial charge in [0, 0.05) is 13.1 Å². The Labute approximate surface area is 81.9 Å². The molecule has 74 valence electrons. The van der Waals surface area contributed by atoms with Gasteiger partial charge in [0.1, 0.15) is 0 Å². The molecule has 0 unspecified atom stereocenters. The van der Waals surface area contributed by atoms with Crippen LogP contribution in [0.25, 0.3) is 0 Å². The van der Waals surface area contributed by atoms with E-state index in [1.165, 1.54) is 6.92 Å². The molecule has 0 amide bonds. The molecule has 0 spiro atoms. The Kier molecular flexibility index (Phi) is 3.34. The number of aryl methyl sites for hydroxylation is 1. The molecule has 0 aliphatic heterocycles. The summed E-state index contributed by atoms with van der Waals surface area (Å²) in [4.78, 5) is 25.9. The van der Waals surface area contributed by atoms with Gasteiger partial charge in [-0.15, -0.1) is 0 Å². The second-order valence-corrected chi connectivity index (χ2v) is 2.73. The molecule has 0 radical (unpaired) electrons. The Morgan fingerprint density at radius 3 is 2.79 bits per heavy atom. The first kappa shape index (κ1) is 10.4. The molecule has 1 aromatic rings. The van der Waals surface area contributed by atoms with Gasteiger partial charge in [0.15, 0.2) is 0 Å². The molecule has 1 rings (SSSR count). The fourth-order valence-corrected chi connectivity index (χ4v) is 1.09. The van der Waals surface area contributed by atoms with Crippen LogP contribution < -0.4 is 0 Å². The van der Waals surface area contributed by atoms with Crippen LogP contribution in [-0.4, -0.2) is 16.9 Å². The average Bonchev–Trinajstić information content (AvgIpc) is 2.16. The van der Waals surface area contributed by atoms with Crippen LogP contribution >= 0.6 is 0 Å². The number of carbonyl (C=O) groups is 2. The lowest BCUT2D eigenvalue weighted by molar-refractivity contribution is -0.135. The summed E-state index contributed by atoms with van der Waals surface area (Å²) < 4.78 is 4.46. The SMILES string of the molecule is CCc1ncccc1C(=O)OC(C)=O. The van der Waals surface area contributed by atoms with Gasteiger partial charge in [-0.2, -0.15) is 0 Å². The summed E-state index contributed by atoms with van der Waals surface area (Å²) >= 11 is 0. The molecule has 0 aliphatic carbocycles. The largest absolute Gasteiger partial charge is 0.390 e. The molecular formula is C10H11NO3. The van der Waals surface area contributed by atoms with Crippen molar-refractivity contribution in [1.82, 2.24) is 4.98 Å². The zero-order chi connectivity index (χ0) is 10.6. The normalized spacial score (nSPS) is 9.57. The molecule has 1 aromatic heterocycles. The molecule has 0 fully saturated rings. The number of nitrogens with zero attached hydrogens (tertiary/aromatic N) is 1. The first-order chi connectivity index (χ1) is 6.65. The minimum absolute atomic E-state index is 0.352. The first-order valence-electron chi connectivity index (χ1n) is 4.31. The summed E-state index contributed by atoms with van der Waals surface area (Å²) in [5, 5.41) is 0. The second kappa shape index (κ2) is 4.50. The topological polar surface area (TPSA) is 56.3 Å². The fraction of sp³-hybridized carbons (Fsp3) is 0.300. The third kappa shape index (κ3) is 2.39. The van der Waals surface area contributed by atoms with Crippen LogP contribution in [0.2, 0.25) is 0 Å². The Balaban J connectivity index is 2.94. The van der Waals surface area contributed by atoms with Gasteiger partial charge in [-0.25, -0.2) is 4.79 Å². The number of pyridine rings is 1. The first-order valence-corrected chi connectivity index (χ1v) is 4.31. The maximum absolute atomic E-state index is 11.4. The van der Waals surface area contributed by atoms with Gasteiger partial charge in [0.2, 0.25) is 0 Å². The quantitative estimate of drug-likeness (QED) is 0.525. The van der Waals surface area contributed by atoms with Crippen molar-refractivity contribution >= 4 is 11.9 Å². The van der Waals surface area contributed by atoms with Crippen molar-refractivity contribution in [2.24, 2.45) is 0 Å². The number of carbonyl (C=O) groups excluding carboxylic acids is 2.